The van der Waals surface area contributed by atoms with Crippen molar-refractivity contribution in [2.24, 2.45) is 0 Å². The summed E-state index contributed by atoms with van der Waals surface area (Å²) in [6.07, 6.45) is 1.73. The average molecular weight is 249 g/mol. The van der Waals surface area contributed by atoms with E-state index in [-0.39, 0.29) is 0 Å². The molecule has 0 radical (unpaired) electrons. The third-order valence-corrected chi connectivity index (χ3v) is 4.99. The van der Waals surface area contributed by atoms with E-state index in [1.165, 1.54) is 16.7 Å². The van der Waals surface area contributed by atoms with Crippen LogP contribution in [-0.2, 0) is 9.73 Å². The van der Waals surface area contributed by atoms with Crippen LogP contribution in [0.3, 0.4) is 0 Å². The van der Waals surface area contributed by atoms with Crippen LogP contribution in [-0.4, -0.2) is 4.21 Å². The number of nitrogens with one attached hydrogen (secondary N) is 1. The lowest BCUT2D eigenvalue weighted by Crippen LogP contribution is -1.89. The van der Waals surface area contributed by atoms with Gasteiger partial charge in [-0.1, -0.05) is 36.4 Å². The summed E-state index contributed by atoms with van der Waals surface area (Å²) in [4.78, 5) is 0. The molecule has 1 heterocycles. The Bertz CT molecular complexity index is 569. The molecule has 0 amide bonds. The smallest absolute Gasteiger partial charge is 0.104 e. The Morgan fingerprint density at radius 3 is 2.50 bits per heavy atom. The van der Waals surface area contributed by atoms with Gasteiger partial charge in [0, 0.05) is 5.41 Å². The zero-order chi connectivity index (χ0) is 11.4. The third kappa shape index (κ3) is 2.59. The van der Waals surface area contributed by atoms with Gasteiger partial charge in [-0.3, -0.25) is 0 Å². The maximum Gasteiger partial charge on any atom is 0.104 e. The lowest BCUT2D eigenvalue weighted by atomic mass is 10.2. The van der Waals surface area contributed by atoms with Gasteiger partial charge in [-0.25, -0.2) is 8.99 Å². The molecule has 0 aliphatic heterocycles. The fourth-order valence-corrected chi connectivity index (χ4v) is 3.36. The first-order valence-electron chi connectivity index (χ1n) is 4.74. The Labute approximate surface area is 99.2 Å². The van der Waals surface area contributed by atoms with E-state index in [4.69, 9.17) is 4.78 Å². The molecule has 82 valence electrons. The largest absolute Gasteiger partial charge is 0.245 e. The van der Waals surface area contributed by atoms with E-state index in [0.717, 1.165) is 5.56 Å². The SMILES string of the molecule is N=S(=O)(/C=C/c1ccccc1)c1cccs1. The molecule has 0 bridgehead atoms. The Hall–Kier alpha value is -1.39. The summed E-state index contributed by atoms with van der Waals surface area (Å²) >= 11 is 1.35. The predicted molar refractivity (Wildman–Crippen MR) is 68.9 cm³/mol. The van der Waals surface area contributed by atoms with Gasteiger partial charge in [-0.2, -0.15) is 0 Å². The summed E-state index contributed by atoms with van der Waals surface area (Å²) in [6.45, 7) is 0. The summed E-state index contributed by atoms with van der Waals surface area (Å²) in [7, 11) is -2.78. The van der Waals surface area contributed by atoms with Crippen molar-refractivity contribution in [3.63, 3.8) is 0 Å². The molecule has 2 aromatic rings. The van der Waals surface area contributed by atoms with E-state index in [0.29, 0.717) is 4.21 Å². The van der Waals surface area contributed by atoms with Crippen LogP contribution in [0.2, 0.25) is 0 Å². The third-order valence-electron chi connectivity index (χ3n) is 2.05. The average Bonchev–Trinajstić information content (AvgIpc) is 2.82. The molecule has 16 heavy (non-hydrogen) atoms. The van der Waals surface area contributed by atoms with Crippen molar-refractivity contribution in [2.45, 2.75) is 4.21 Å². The number of benzene rings is 1. The van der Waals surface area contributed by atoms with Gasteiger partial charge in [0.1, 0.15) is 13.9 Å². The Kier molecular flexibility index (Phi) is 3.22. The normalized spacial score (nSPS) is 15.0. The Morgan fingerprint density at radius 2 is 1.88 bits per heavy atom. The number of hydrogen-bond donors (Lipinski definition) is 1. The van der Waals surface area contributed by atoms with Crippen molar-refractivity contribution in [2.75, 3.05) is 0 Å². The van der Waals surface area contributed by atoms with Gasteiger partial charge >= 0.3 is 0 Å². The number of thiophene rings is 1. The van der Waals surface area contributed by atoms with Gasteiger partial charge in [0.25, 0.3) is 0 Å². The van der Waals surface area contributed by atoms with Crippen LogP contribution in [0.25, 0.3) is 6.08 Å². The molecule has 1 aromatic carbocycles. The van der Waals surface area contributed by atoms with Gasteiger partial charge in [0.05, 0.1) is 0 Å². The molecule has 0 fully saturated rings. The highest BCUT2D eigenvalue weighted by molar-refractivity contribution is 7.97. The van der Waals surface area contributed by atoms with E-state index in [1.54, 1.807) is 12.1 Å². The van der Waals surface area contributed by atoms with E-state index in [1.807, 2.05) is 41.8 Å². The highest BCUT2D eigenvalue weighted by Gasteiger charge is 2.05. The van der Waals surface area contributed by atoms with Crippen molar-refractivity contribution in [1.82, 2.24) is 0 Å². The van der Waals surface area contributed by atoms with E-state index < -0.39 is 9.73 Å². The maximum atomic E-state index is 12.0. The van der Waals surface area contributed by atoms with Gasteiger partial charge in [0.15, 0.2) is 0 Å². The second-order valence-electron chi connectivity index (χ2n) is 3.25. The van der Waals surface area contributed by atoms with Crippen LogP contribution in [0.1, 0.15) is 5.56 Å². The first-order chi connectivity index (χ1) is 7.68. The van der Waals surface area contributed by atoms with Gasteiger partial charge in [-0.15, -0.1) is 11.3 Å². The first-order valence-corrected chi connectivity index (χ1v) is 7.24. The van der Waals surface area contributed by atoms with E-state index in [9.17, 15) is 4.21 Å². The lowest BCUT2D eigenvalue weighted by Gasteiger charge is -1.97. The van der Waals surface area contributed by atoms with Crippen LogP contribution < -0.4 is 0 Å². The summed E-state index contributed by atoms with van der Waals surface area (Å²) in [5, 5.41) is 3.30. The molecule has 0 saturated heterocycles. The Morgan fingerprint density at radius 1 is 1.12 bits per heavy atom. The molecule has 0 saturated carbocycles. The second-order valence-corrected chi connectivity index (χ2v) is 6.37. The molecular weight excluding hydrogens is 238 g/mol. The quantitative estimate of drug-likeness (QED) is 0.882. The van der Waals surface area contributed by atoms with Crippen LogP contribution in [0.4, 0.5) is 0 Å². The summed E-state index contributed by atoms with van der Waals surface area (Å²) in [6, 6.07) is 13.1. The van der Waals surface area contributed by atoms with Crippen molar-refractivity contribution in [3.8, 4) is 0 Å². The van der Waals surface area contributed by atoms with Gasteiger partial charge in [0.2, 0.25) is 0 Å². The molecule has 0 aliphatic carbocycles. The molecule has 1 atom stereocenters. The highest BCUT2D eigenvalue weighted by Crippen LogP contribution is 2.19. The molecule has 2 nitrogen and oxygen atoms in total. The summed E-state index contributed by atoms with van der Waals surface area (Å²) in [5.41, 5.74) is 0.957. The van der Waals surface area contributed by atoms with Crippen LogP contribution in [0.15, 0.2) is 57.5 Å². The molecular formula is C12H11NOS2. The minimum absolute atomic E-state index is 0.597. The fraction of sp³-hybridized carbons (Fsp3) is 0. The van der Waals surface area contributed by atoms with Crippen LogP contribution in [0, 0.1) is 4.78 Å². The topological polar surface area (TPSA) is 40.9 Å². The Balaban J connectivity index is 2.26. The van der Waals surface area contributed by atoms with Gasteiger partial charge in [-0.05, 0) is 23.1 Å². The van der Waals surface area contributed by atoms with Crippen molar-refractivity contribution in [3.05, 3.63) is 58.8 Å². The highest BCUT2D eigenvalue weighted by atomic mass is 32.2. The predicted octanol–water partition coefficient (Wildman–Crippen LogP) is 3.82. The number of hydrogen-bond acceptors (Lipinski definition) is 3. The zero-order valence-corrected chi connectivity index (χ0v) is 10.1. The van der Waals surface area contributed by atoms with E-state index >= 15 is 0 Å². The van der Waals surface area contributed by atoms with Crippen LogP contribution >= 0.6 is 11.3 Å². The molecule has 1 unspecified atom stereocenters. The maximum absolute atomic E-state index is 12.0. The first kappa shape index (κ1) is 11.1. The summed E-state index contributed by atoms with van der Waals surface area (Å²) in [5.74, 6) is 0. The monoisotopic (exact) mass is 249 g/mol. The van der Waals surface area contributed by atoms with Crippen molar-refractivity contribution >= 4 is 27.1 Å². The second kappa shape index (κ2) is 4.63. The zero-order valence-electron chi connectivity index (χ0n) is 8.50. The van der Waals surface area contributed by atoms with E-state index in [2.05, 4.69) is 0 Å². The minimum Gasteiger partial charge on any atom is -0.245 e. The molecule has 0 aliphatic rings. The molecule has 0 spiro atoms. The fourth-order valence-electron chi connectivity index (χ4n) is 1.24. The molecule has 2 rings (SSSR count). The minimum atomic E-state index is -2.78. The van der Waals surface area contributed by atoms with Crippen LogP contribution in [0.5, 0.6) is 0 Å². The molecule has 4 heteroatoms. The number of rotatable bonds is 3. The molecule has 1 N–H and O–H groups in total. The standard InChI is InChI=1S/C12H11NOS2/c13-16(14,12-7-4-9-15-12)10-8-11-5-2-1-3-6-11/h1-10,13H/b10-8+. The van der Waals surface area contributed by atoms with Gasteiger partial charge < -0.3 is 0 Å². The van der Waals surface area contributed by atoms with Crippen molar-refractivity contribution in [1.29, 1.82) is 4.78 Å². The summed E-state index contributed by atoms with van der Waals surface area (Å²) < 4.78 is 20.4. The molecule has 1 aromatic heterocycles. The van der Waals surface area contributed by atoms with Crippen molar-refractivity contribution < 1.29 is 4.21 Å². The lowest BCUT2D eigenvalue weighted by molar-refractivity contribution is 0.682.